The van der Waals surface area contributed by atoms with E-state index in [0.717, 1.165) is 18.7 Å². The summed E-state index contributed by atoms with van der Waals surface area (Å²) in [6, 6.07) is 1.03. The molecule has 1 aliphatic rings. The van der Waals surface area contributed by atoms with Gasteiger partial charge in [0.1, 0.15) is 11.0 Å². The summed E-state index contributed by atoms with van der Waals surface area (Å²) in [5.74, 6) is -1.01. The van der Waals surface area contributed by atoms with Gasteiger partial charge in [0, 0.05) is 6.61 Å². The van der Waals surface area contributed by atoms with Crippen LogP contribution in [0.15, 0.2) is 12.3 Å². The molecule has 16 heavy (non-hydrogen) atoms. The zero-order valence-corrected chi connectivity index (χ0v) is 9.13. The first-order valence-corrected chi connectivity index (χ1v) is 5.24. The number of rotatable bonds is 2. The highest BCUT2D eigenvalue weighted by atomic mass is 35.5. The number of pyridine rings is 1. The fraction of sp³-hybridized carbons (Fsp3) is 0.400. The Balaban J connectivity index is 2.10. The molecule has 1 aliphatic heterocycles. The van der Waals surface area contributed by atoms with Gasteiger partial charge in [-0.2, -0.15) is 0 Å². The summed E-state index contributed by atoms with van der Waals surface area (Å²) < 4.78 is 18.0. The van der Waals surface area contributed by atoms with Crippen molar-refractivity contribution in [2.75, 3.05) is 13.2 Å². The molecule has 2 rings (SSSR count). The SMILES string of the molecule is O=C(NC1CCOC1)c1cc(F)cnc1Cl. The van der Waals surface area contributed by atoms with Gasteiger partial charge in [-0.15, -0.1) is 0 Å². The highest BCUT2D eigenvalue weighted by molar-refractivity contribution is 6.32. The van der Waals surface area contributed by atoms with Crippen LogP contribution in [0, 0.1) is 5.82 Å². The number of amides is 1. The third-order valence-corrected chi connectivity index (χ3v) is 2.62. The molecule has 0 bridgehead atoms. The lowest BCUT2D eigenvalue weighted by molar-refractivity contribution is 0.0929. The minimum absolute atomic E-state index is 0.00202. The summed E-state index contributed by atoms with van der Waals surface area (Å²) in [4.78, 5) is 15.3. The summed E-state index contributed by atoms with van der Waals surface area (Å²) in [7, 11) is 0. The molecule has 4 nitrogen and oxygen atoms in total. The fourth-order valence-electron chi connectivity index (χ4n) is 1.49. The van der Waals surface area contributed by atoms with Crippen molar-refractivity contribution >= 4 is 17.5 Å². The van der Waals surface area contributed by atoms with Crippen molar-refractivity contribution in [2.45, 2.75) is 12.5 Å². The lowest BCUT2D eigenvalue weighted by Crippen LogP contribution is -2.35. The molecule has 86 valence electrons. The molecule has 2 heterocycles. The van der Waals surface area contributed by atoms with E-state index >= 15 is 0 Å². The van der Waals surface area contributed by atoms with E-state index in [1.807, 2.05) is 0 Å². The lowest BCUT2D eigenvalue weighted by Gasteiger charge is -2.10. The number of carbonyl (C=O) groups excluding carboxylic acids is 1. The summed E-state index contributed by atoms with van der Waals surface area (Å²) in [5, 5.41) is 2.71. The Morgan fingerprint density at radius 2 is 2.50 bits per heavy atom. The van der Waals surface area contributed by atoms with Crippen LogP contribution in [0.5, 0.6) is 0 Å². The predicted octanol–water partition coefficient (Wildman–Crippen LogP) is 1.39. The molecule has 0 saturated carbocycles. The molecule has 1 fully saturated rings. The molecule has 1 aromatic rings. The number of halogens is 2. The average Bonchev–Trinajstić information content (AvgIpc) is 2.74. The number of carbonyl (C=O) groups is 1. The largest absolute Gasteiger partial charge is 0.379 e. The molecule has 0 aromatic carbocycles. The predicted molar refractivity (Wildman–Crippen MR) is 55.9 cm³/mol. The Hall–Kier alpha value is -1.20. The molecule has 1 aromatic heterocycles. The molecule has 1 atom stereocenters. The van der Waals surface area contributed by atoms with E-state index < -0.39 is 11.7 Å². The minimum atomic E-state index is -0.586. The highest BCUT2D eigenvalue weighted by Crippen LogP contribution is 2.14. The maximum Gasteiger partial charge on any atom is 0.254 e. The van der Waals surface area contributed by atoms with E-state index in [4.69, 9.17) is 16.3 Å². The maximum atomic E-state index is 12.9. The molecule has 1 N–H and O–H groups in total. The third-order valence-electron chi connectivity index (χ3n) is 2.32. The smallest absolute Gasteiger partial charge is 0.254 e. The van der Waals surface area contributed by atoms with E-state index in [-0.39, 0.29) is 16.8 Å². The Labute approximate surface area is 96.8 Å². The quantitative estimate of drug-likeness (QED) is 0.800. The van der Waals surface area contributed by atoms with Crippen molar-refractivity contribution in [3.63, 3.8) is 0 Å². The molecule has 1 saturated heterocycles. The summed E-state index contributed by atoms with van der Waals surface area (Å²) in [6.07, 6.45) is 1.73. The second kappa shape index (κ2) is 4.76. The van der Waals surface area contributed by atoms with Gasteiger partial charge in [-0.05, 0) is 12.5 Å². The van der Waals surface area contributed by atoms with Gasteiger partial charge in [-0.3, -0.25) is 4.79 Å². The van der Waals surface area contributed by atoms with Crippen LogP contribution in [0.1, 0.15) is 16.8 Å². The average molecular weight is 245 g/mol. The van der Waals surface area contributed by atoms with Crippen molar-refractivity contribution in [1.29, 1.82) is 0 Å². The Morgan fingerprint density at radius 3 is 3.19 bits per heavy atom. The van der Waals surface area contributed by atoms with Crippen LogP contribution in [0.25, 0.3) is 0 Å². The molecule has 1 unspecified atom stereocenters. The van der Waals surface area contributed by atoms with Gasteiger partial charge in [0.25, 0.3) is 5.91 Å². The molecule has 1 amide bonds. The second-order valence-electron chi connectivity index (χ2n) is 3.53. The van der Waals surface area contributed by atoms with Crippen molar-refractivity contribution in [3.8, 4) is 0 Å². The first-order chi connectivity index (χ1) is 7.66. The monoisotopic (exact) mass is 244 g/mol. The van der Waals surface area contributed by atoms with E-state index in [0.29, 0.717) is 13.2 Å². The van der Waals surface area contributed by atoms with Gasteiger partial charge >= 0.3 is 0 Å². The van der Waals surface area contributed by atoms with Crippen LogP contribution >= 0.6 is 11.6 Å². The molecular weight excluding hydrogens is 235 g/mol. The topological polar surface area (TPSA) is 51.2 Å². The number of nitrogens with one attached hydrogen (secondary N) is 1. The van der Waals surface area contributed by atoms with Crippen molar-refractivity contribution in [1.82, 2.24) is 10.3 Å². The van der Waals surface area contributed by atoms with Crippen LogP contribution < -0.4 is 5.32 Å². The number of hydrogen-bond acceptors (Lipinski definition) is 3. The summed E-state index contributed by atoms with van der Waals surface area (Å²) in [6.45, 7) is 1.10. The summed E-state index contributed by atoms with van der Waals surface area (Å²) in [5.41, 5.74) is 0.0496. The maximum absolute atomic E-state index is 12.9. The number of ether oxygens (including phenoxy) is 1. The zero-order valence-electron chi connectivity index (χ0n) is 8.37. The Morgan fingerprint density at radius 1 is 1.69 bits per heavy atom. The Bertz CT molecular complexity index is 408. The summed E-state index contributed by atoms with van der Waals surface area (Å²) >= 11 is 5.71. The van der Waals surface area contributed by atoms with Crippen molar-refractivity contribution < 1.29 is 13.9 Å². The van der Waals surface area contributed by atoms with Gasteiger partial charge in [-0.25, -0.2) is 9.37 Å². The molecule has 6 heteroatoms. The number of aromatic nitrogens is 1. The first-order valence-electron chi connectivity index (χ1n) is 4.86. The van der Waals surface area contributed by atoms with Crippen LogP contribution in [0.2, 0.25) is 5.15 Å². The van der Waals surface area contributed by atoms with Gasteiger partial charge in [0.15, 0.2) is 0 Å². The first kappa shape index (κ1) is 11.3. The van der Waals surface area contributed by atoms with Crippen LogP contribution in [0.4, 0.5) is 4.39 Å². The van der Waals surface area contributed by atoms with Crippen LogP contribution in [0.3, 0.4) is 0 Å². The molecule has 0 spiro atoms. The molecular formula is C10H10ClFN2O2. The van der Waals surface area contributed by atoms with Gasteiger partial charge in [-0.1, -0.05) is 11.6 Å². The van der Waals surface area contributed by atoms with E-state index in [1.54, 1.807) is 0 Å². The highest BCUT2D eigenvalue weighted by Gasteiger charge is 2.20. The fourth-order valence-corrected chi connectivity index (χ4v) is 1.68. The van der Waals surface area contributed by atoms with E-state index in [9.17, 15) is 9.18 Å². The standard InChI is InChI=1S/C10H10ClFN2O2/c11-9-8(3-6(12)4-13-9)10(15)14-7-1-2-16-5-7/h3-4,7H,1-2,5H2,(H,14,15). The molecule has 0 aliphatic carbocycles. The van der Waals surface area contributed by atoms with Crippen molar-refractivity contribution in [3.05, 3.63) is 28.8 Å². The minimum Gasteiger partial charge on any atom is -0.379 e. The van der Waals surface area contributed by atoms with Gasteiger partial charge < -0.3 is 10.1 Å². The van der Waals surface area contributed by atoms with E-state index in [1.165, 1.54) is 0 Å². The lowest BCUT2D eigenvalue weighted by atomic mass is 10.2. The number of nitrogens with zero attached hydrogens (tertiary/aromatic N) is 1. The van der Waals surface area contributed by atoms with Crippen LogP contribution in [-0.2, 0) is 4.74 Å². The van der Waals surface area contributed by atoms with Gasteiger partial charge in [0.2, 0.25) is 0 Å². The van der Waals surface area contributed by atoms with E-state index in [2.05, 4.69) is 10.3 Å². The van der Waals surface area contributed by atoms with Crippen molar-refractivity contribution in [2.24, 2.45) is 0 Å². The number of hydrogen-bond donors (Lipinski definition) is 1. The molecule has 0 radical (unpaired) electrons. The van der Waals surface area contributed by atoms with Gasteiger partial charge in [0.05, 0.1) is 24.4 Å². The normalized spacial score (nSPS) is 19.8. The Kier molecular flexibility index (Phi) is 3.36. The second-order valence-corrected chi connectivity index (χ2v) is 3.88. The third kappa shape index (κ3) is 2.48. The van der Waals surface area contributed by atoms with Crippen LogP contribution in [-0.4, -0.2) is 30.1 Å². The zero-order chi connectivity index (χ0) is 11.5.